The van der Waals surface area contributed by atoms with E-state index in [4.69, 9.17) is 9.47 Å². The van der Waals surface area contributed by atoms with Crippen molar-refractivity contribution in [2.45, 2.75) is 110 Å². The van der Waals surface area contributed by atoms with E-state index >= 15 is 0 Å². The first-order valence-electron chi connectivity index (χ1n) is 13.9. The largest absolute Gasteiger partial charge is 0.444 e. The molecule has 206 valence electrons. The summed E-state index contributed by atoms with van der Waals surface area (Å²) >= 11 is 0. The highest BCUT2D eigenvalue weighted by Gasteiger charge is 2.18. The van der Waals surface area contributed by atoms with Gasteiger partial charge in [-0.05, 0) is 58.4 Å². The molecule has 7 nitrogen and oxygen atoms in total. The molecule has 0 unspecified atom stereocenters. The van der Waals surface area contributed by atoms with Crippen molar-refractivity contribution in [1.29, 1.82) is 0 Å². The Balaban J connectivity index is 2.29. The van der Waals surface area contributed by atoms with Gasteiger partial charge in [-0.3, -0.25) is 4.79 Å². The highest BCUT2D eigenvalue weighted by Crippen LogP contribution is 2.08. The number of rotatable bonds is 20. The minimum absolute atomic E-state index is 0.0157. The van der Waals surface area contributed by atoms with Gasteiger partial charge in [-0.2, -0.15) is 0 Å². The third kappa shape index (κ3) is 18.2. The Morgan fingerprint density at radius 2 is 1.50 bits per heavy atom. The van der Waals surface area contributed by atoms with E-state index in [1.165, 1.54) is 32.1 Å². The fourth-order valence-electron chi connectivity index (χ4n) is 3.74. The number of hydrogen-bond acceptors (Lipinski definition) is 5. The Morgan fingerprint density at radius 3 is 2.22 bits per heavy atom. The number of alkyl carbamates (subject to hydrolysis) is 1. The molecule has 0 saturated heterocycles. The van der Waals surface area contributed by atoms with E-state index in [1.54, 1.807) is 0 Å². The highest BCUT2D eigenvalue weighted by atomic mass is 16.6. The lowest BCUT2D eigenvalue weighted by Crippen LogP contribution is -2.44. The van der Waals surface area contributed by atoms with Gasteiger partial charge in [0.15, 0.2) is 0 Å². The maximum atomic E-state index is 12.8. The van der Waals surface area contributed by atoms with Crippen LogP contribution in [0.2, 0.25) is 0 Å². The van der Waals surface area contributed by atoms with Crippen LogP contribution >= 0.6 is 0 Å². The molecule has 0 aromatic heterocycles. The van der Waals surface area contributed by atoms with Gasteiger partial charge in [0, 0.05) is 32.8 Å². The summed E-state index contributed by atoms with van der Waals surface area (Å²) < 4.78 is 11.0. The first kappa shape index (κ1) is 31.9. The summed E-state index contributed by atoms with van der Waals surface area (Å²) in [6.45, 7) is 11.0. The molecule has 0 fully saturated rings. The molecule has 0 saturated carbocycles. The summed E-state index contributed by atoms with van der Waals surface area (Å²) in [5, 5.41) is 9.24. The molecule has 0 radical (unpaired) electrons. The van der Waals surface area contributed by atoms with E-state index in [1.807, 2.05) is 51.1 Å². The monoisotopic (exact) mass is 505 g/mol. The van der Waals surface area contributed by atoms with Crippen molar-refractivity contribution in [2.75, 3.05) is 26.3 Å². The average molecular weight is 506 g/mol. The van der Waals surface area contributed by atoms with Gasteiger partial charge in [0.25, 0.3) is 0 Å². The minimum Gasteiger partial charge on any atom is -0.444 e. The fourth-order valence-corrected chi connectivity index (χ4v) is 3.74. The van der Waals surface area contributed by atoms with Crippen LogP contribution in [-0.4, -0.2) is 49.9 Å². The van der Waals surface area contributed by atoms with Crippen molar-refractivity contribution in [2.24, 2.45) is 0 Å². The van der Waals surface area contributed by atoms with Crippen molar-refractivity contribution in [3.8, 4) is 0 Å². The highest BCUT2D eigenvalue weighted by molar-refractivity contribution is 5.81. The van der Waals surface area contributed by atoms with E-state index < -0.39 is 11.7 Å². The fraction of sp³-hybridized carbons (Fsp3) is 0.724. The lowest BCUT2D eigenvalue weighted by molar-refractivity contribution is -0.123. The van der Waals surface area contributed by atoms with E-state index in [0.29, 0.717) is 32.7 Å². The van der Waals surface area contributed by atoms with E-state index in [-0.39, 0.29) is 11.9 Å². The summed E-state index contributed by atoms with van der Waals surface area (Å²) in [5.74, 6) is 0.0157. The first-order chi connectivity index (χ1) is 17.3. The Hall–Kier alpha value is -2.12. The molecular formula is C29H51N3O4. The molecule has 0 heterocycles. The maximum Gasteiger partial charge on any atom is 0.407 e. The Kier molecular flexibility index (Phi) is 17.7. The van der Waals surface area contributed by atoms with Gasteiger partial charge in [0.05, 0.1) is 6.04 Å². The first-order valence-corrected chi connectivity index (χ1v) is 13.9. The third-order valence-electron chi connectivity index (χ3n) is 5.71. The summed E-state index contributed by atoms with van der Waals surface area (Å²) in [6.07, 6.45) is 10.3. The number of hydrogen-bond donors (Lipinski definition) is 3. The molecule has 0 aliphatic heterocycles. The van der Waals surface area contributed by atoms with Crippen LogP contribution in [0.15, 0.2) is 30.3 Å². The van der Waals surface area contributed by atoms with Crippen molar-refractivity contribution in [1.82, 2.24) is 16.0 Å². The van der Waals surface area contributed by atoms with E-state index in [2.05, 4.69) is 22.9 Å². The van der Waals surface area contributed by atoms with Crippen LogP contribution in [0.1, 0.15) is 97.5 Å². The molecule has 7 heteroatoms. The van der Waals surface area contributed by atoms with Crippen LogP contribution in [0.25, 0.3) is 0 Å². The zero-order valence-electron chi connectivity index (χ0n) is 23.2. The van der Waals surface area contributed by atoms with Gasteiger partial charge in [-0.25, -0.2) is 4.79 Å². The number of unbranched alkanes of at least 4 members (excludes halogenated alkanes) is 6. The molecule has 1 atom stereocenters. The molecule has 36 heavy (non-hydrogen) atoms. The average Bonchev–Trinajstić information content (AvgIpc) is 2.83. The topological polar surface area (TPSA) is 88.7 Å². The van der Waals surface area contributed by atoms with Crippen LogP contribution in [0.3, 0.4) is 0 Å². The van der Waals surface area contributed by atoms with Crippen LogP contribution < -0.4 is 16.0 Å². The molecule has 0 aliphatic carbocycles. The Labute approximate surface area is 219 Å². The van der Waals surface area contributed by atoms with Gasteiger partial charge < -0.3 is 25.4 Å². The quantitative estimate of drug-likeness (QED) is 0.197. The Bertz CT molecular complexity index is 692. The van der Waals surface area contributed by atoms with Crippen LogP contribution in [-0.2, 0) is 20.8 Å². The molecule has 1 aromatic rings. The second-order valence-electron chi connectivity index (χ2n) is 10.4. The lowest BCUT2D eigenvalue weighted by atomic mass is 10.1. The molecular weight excluding hydrogens is 454 g/mol. The maximum absolute atomic E-state index is 12.8. The SMILES string of the molecule is CCCCCCCCOCCCNC(=O)[C@H](CCCCNC(=O)OC(C)(C)C)NCc1ccccc1. The second-order valence-corrected chi connectivity index (χ2v) is 10.4. The van der Waals surface area contributed by atoms with Gasteiger partial charge in [-0.1, -0.05) is 69.4 Å². The van der Waals surface area contributed by atoms with Crippen molar-refractivity contribution in [3.63, 3.8) is 0 Å². The smallest absolute Gasteiger partial charge is 0.407 e. The number of carbonyl (C=O) groups excluding carboxylic acids is 2. The summed E-state index contributed by atoms with van der Waals surface area (Å²) in [6, 6.07) is 9.80. The minimum atomic E-state index is -0.506. The van der Waals surface area contributed by atoms with Crippen molar-refractivity contribution < 1.29 is 19.1 Å². The molecule has 0 bridgehead atoms. The molecule has 1 aromatic carbocycles. The molecule has 2 amide bonds. The molecule has 0 spiro atoms. The molecule has 0 aliphatic rings. The second kappa shape index (κ2) is 20.0. The van der Waals surface area contributed by atoms with Gasteiger partial charge in [0.2, 0.25) is 5.91 Å². The normalized spacial score (nSPS) is 12.2. The number of carbonyl (C=O) groups is 2. The van der Waals surface area contributed by atoms with Gasteiger partial charge in [0.1, 0.15) is 5.60 Å². The number of nitrogens with one attached hydrogen (secondary N) is 3. The van der Waals surface area contributed by atoms with Gasteiger partial charge >= 0.3 is 6.09 Å². The van der Waals surface area contributed by atoms with Crippen LogP contribution in [0, 0.1) is 0 Å². The van der Waals surface area contributed by atoms with Crippen molar-refractivity contribution in [3.05, 3.63) is 35.9 Å². The van der Waals surface area contributed by atoms with Crippen LogP contribution in [0.5, 0.6) is 0 Å². The Morgan fingerprint density at radius 1 is 0.833 bits per heavy atom. The summed E-state index contributed by atoms with van der Waals surface area (Å²) in [4.78, 5) is 24.6. The number of ether oxygens (including phenoxy) is 2. The van der Waals surface area contributed by atoms with Crippen molar-refractivity contribution >= 4 is 12.0 Å². The zero-order valence-corrected chi connectivity index (χ0v) is 23.2. The third-order valence-corrected chi connectivity index (χ3v) is 5.71. The van der Waals surface area contributed by atoms with Crippen LogP contribution in [0.4, 0.5) is 4.79 Å². The standard InChI is InChI=1S/C29H51N3O4/c1-5-6-7-8-9-15-22-35-23-16-21-30-27(33)26(32-24-25-17-11-10-12-18-25)19-13-14-20-31-28(34)36-29(2,3)4/h10-12,17-18,26,32H,5-9,13-16,19-24H2,1-4H3,(H,30,33)(H,31,34)/t26-/m0/s1. The lowest BCUT2D eigenvalue weighted by Gasteiger charge is -2.20. The molecule has 3 N–H and O–H groups in total. The number of amides is 2. The van der Waals surface area contributed by atoms with E-state index in [9.17, 15) is 9.59 Å². The predicted octanol–water partition coefficient (Wildman–Crippen LogP) is 5.72. The molecule has 1 rings (SSSR count). The predicted molar refractivity (Wildman–Crippen MR) is 147 cm³/mol. The van der Waals surface area contributed by atoms with E-state index in [0.717, 1.165) is 37.9 Å². The zero-order chi connectivity index (χ0) is 26.5. The number of benzene rings is 1. The summed E-state index contributed by atoms with van der Waals surface area (Å²) in [5.41, 5.74) is 0.637. The summed E-state index contributed by atoms with van der Waals surface area (Å²) in [7, 11) is 0. The van der Waals surface area contributed by atoms with Gasteiger partial charge in [-0.15, -0.1) is 0 Å².